The Labute approximate surface area is 176 Å². The van der Waals surface area contributed by atoms with Crippen LogP contribution >= 0.6 is 11.3 Å². The highest BCUT2D eigenvalue weighted by molar-refractivity contribution is 7.15. The van der Waals surface area contributed by atoms with Crippen LogP contribution in [0.3, 0.4) is 0 Å². The van der Waals surface area contributed by atoms with E-state index in [-0.39, 0.29) is 0 Å². The first-order valence-corrected chi connectivity index (χ1v) is 9.80. The number of rotatable bonds is 8. The maximum Gasteiger partial charge on any atom is 0.416 e. The van der Waals surface area contributed by atoms with Gasteiger partial charge in [-0.3, -0.25) is 0 Å². The molecule has 1 heterocycles. The molecule has 160 valence electrons. The normalized spacial score (nSPS) is 11.4. The quantitative estimate of drug-likeness (QED) is 0.528. The maximum atomic E-state index is 12.6. The van der Waals surface area contributed by atoms with E-state index in [1.807, 2.05) is 6.07 Å². The van der Waals surface area contributed by atoms with Gasteiger partial charge in [0.25, 0.3) is 0 Å². The van der Waals surface area contributed by atoms with Crippen molar-refractivity contribution in [3.8, 4) is 27.7 Å². The van der Waals surface area contributed by atoms with Crippen molar-refractivity contribution in [1.82, 2.24) is 10.3 Å². The summed E-state index contributed by atoms with van der Waals surface area (Å²) in [5.41, 5.74) is 0.947. The first-order valence-electron chi connectivity index (χ1n) is 8.98. The second kappa shape index (κ2) is 9.36. The minimum absolute atomic E-state index is 0.437. The van der Waals surface area contributed by atoms with E-state index in [1.54, 1.807) is 33.6 Å². The fourth-order valence-electron chi connectivity index (χ4n) is 2.94. The van der Waals surface area contributed by atoms with Crippen molar-refractivity contribution in [2.24, 2.45) is 0 Å². The standard InChI is InChI=1S/C21H21F3N2O3S/c1-27-16-9-8-15(19(28-2)20(16)29-3)17-11-26-18(30-17)12-25-10-13-4-6-14(7-5-13)21(22,23)24/h4-9,11,25H,10,12H2,1-3H3. The second-order valence-corrected chi connectivity index (χ2v) is 7.41. The van der Waals surface area contributed by atoms with Crippen LogP contribution in [0, 0.1) is 0 Å². The molecule has 0 amide bonds. The molecule has 30 heavy (non-hydrogen) atoms. The first kappa shape index (κ1) is 21.9. The summed E-state index contributed by atoms with van der Waals surface area (Å²) in [5.74, 6) is 1.64. The summed E-state index contributed by atoms with van der Waals surface area (Å²) in [5, 5.41) is 4.04. The van der Waals surface area contributed by atoms with Gasteiger partial charge in [0.1, 0.15) is 5.01 Å². The number of halogens is 3. The van der Waals surface area contributed by atoms with Gasteiger partial charge in [0.05, 0.1) is 31.8 Å². The maximum absolute atomic E-state index is 12.6. The monoisotopic (exact) mass is 438 g/mol. The smallest absolute Gasteiger partial charge is 0.416 e. The summed E-state index contributed by atoms with van der Waals surface area (Å²) < 4.78 is 54.2. The highest BCUT2D eigenvalue weighted by Gasteiger charge is 2.29. The van der Waals surface area contributed by atoms with Crippen molar-refractivity contribution >= 4 is 11.3 Å². The molecular weight excluding hydrogens is 417 g/mol. The Kier molecular flexibility index (Phi) is 6.84. The van der Waals surface area contributed by atoms with Gasteiger partial charge >= 0.3 is 6.18 Å². The summed E-state index contributed by atoms with van der Waals surface area (Å²) in [6, 6.07) is 8.80. The van der Waals surface area contributed by atoms with E-state index in [2.05, 4.69) is 10.3 Å². The number of methoxy groups -OCH3 is 3. The predicted molar refractivity (Wildman–Crippen MR) is 109 cm³/mol. The highest BCUT2D eigenvalue weighted by atomic mass is 32.1. The number of hydrogen-bond acceptors (Lipinski definition) is 6. The van der Waals surface area contributed by atoms with Gasteiger partial charge in [0, 0.05) is 24.8 Å². The van der Waals surface area contributed by atoms with Gasteiger partial charge in [-0.05, 0) is 29.8 Å². The molecule has 0 saturated carbocycles. The van der Waals surface area contributed by atoms with Crippen LogP contribution in [0.5, 0.6) is 17.2 Å². The van der Waals surface area contributed by atoms with Crippen LogP contribution in [0.25, 0.3) is 10.4 Å². The lowest BCUT2D eigenvalue weighted by Gasteiger charge is -2.14. The number of aromatic nitrogens is 1. The van der Waals surface area contributed by atoms with Crippen molar-refractivity contribution in [2.75, 3.05) is 21.3 Å². The molecule has 0 atom stereocenters. The van der Waals surface area contributed by atoms with Crippen molar-refractivity contribution in [3.63, 3.8) is 0 Å². The SMILES string of the molecule is COc1ccc(-c2cnc(CNCc3ccc(C(F)(F)F)cc3)s2)c(OC)c1OC. The summed E-state index contributed by atoms with van der Waals surface area (Å²) >= 11 is 1.49. The number of benzene rings is 2. The van der Waals surface area contributed by atoms with Gasteiger partial charge in [0.15, 0.2) is 11.5 Å². The Morgan fingerprint density at radius 3 is 2.20 bits per heavy atom. The predicted octanol–water partition coefficient (Wildman–Crippen LogP) is 5.14. The number of alkyl halides is 3. The zero-order valence-electron chi connectivity index (χ0n) is 16.7. The third kappa shape index (κ3) is 4.85. The molecule has 0 saturated heterocycles. The molecule has 9 heteroatoms. The molecule has 3 aromatic rings. The van der Waals surface area contributed by atoms with Crippen molar-refractivity contribution in [1.29, 1.82) is 0 Å². The number of ether oxygens (including phenoxy) is 3. The van der Waals surface area contributed by atoms with Crippen LogP contribution < -0.4 is 19.5 Å². The van der Waals surface area contributed by atoms with Crippen LogP contribution in [0.15, 0.2) is 42.6 Å². The van der Waals surface area contributed by atoms with E-state index in [0.717, 1.165) is 33.1 Å². The molecule has 0 aliphatic carbocycles. The van der Waals surface area contributed by atoms with Crippen LogP contribution in [0.1, 0.15) is 16.1 Å². The number of nitrogens with one attached hydrogen (secondary N) is 1. The van der Waals surface area contributed by atoms with Gasteiger partial charge < -0.3 is 19.5 Å². The van der Waals surface area contributed by atoms with Gasteiger partial charge in [-0.15, -0.1) is 11.3 Å². The van der Waals surface area contributed by atoms with Crippen LogP contribution in [-0.4, -0.2) is 26.3 Å². The molecule has 5 nitrogen and oxygen atoms in total. The molecule has 1 aromatic heterocycles. The molecule has 0 aliphatic heterocycles. The van der Waals surface area contributed by atoms with Gasteiger partial charge in [-0.1, -0.05) is 12.1 Å². The van der Waals surface area contributed by atoms with E-state index in [9.17, 15) is 13.2 Å². The van der Waals surface area contributed by atoms with E-state index in [1.165, 1.54) is 23.5 Å². The summed E-state index contributed by atoms with van der Waals surface area (Å²) in [4.78, 5) is 5.33. The first-order chi connectivity index (χ1) is 14.4. The number of hydrogen-bond donors (Lipinski definition) is 1. The highest BCUT2D eigenvalue weighted by Crippen LogP contribution is 2.45. The Hall–Kier alpha value is -2.78. The second-order valence-electron chi connectivity index (χ2n) is 6.30. The van der Waals surface area contributed by atoms with Gasteiger partial charge in [0.2, 0.25) is 5.75 Å². The zero-order chi connectivity index (χ0) is 21.7. The van der Waals surface area contributed by atoms with Crippen LogP contribution in [0.4, 0.5) is 13.2 Å². The molecule has 0 fully saturated rings. The van der Waals surface area contributed by atoms with Crippen LogP contribution in [0.2, 0.25) is 0 Å². The van der Waals surface area contributed by atoms with Gasteiger partial charge in [-0.2, -0.15) is 13.2 Å². The van der Waals surface area contributed by atoms with Crippen molar-refractivity contribution in [3.05, 3.63) is 58.7 Å². The molecule has 0 unspecified atom stereocenters. The molecular formula is C21H21F3N2O3S. The lowest BCUT2D eigenvalue weighted by molar-refractivity contribution is -0.137. The molecule has 3 rings (SSSR count). The minimum Gasteiger partial charge on any atom is -0.493 e. The molecule has 0 bridgehead atoms. The summed E-state index contributed by atoms with van der Waals surface area (Å²) in [6.07, 6.45) is -2.57. The van der Waals surface area contributed by atoms with Gasteiger partial charge in [-0.25, -0.2) is 4.98 Å². The summed E-state index contributed by atoms with van der Waals surface area (Å²) in [6.45, 7) is 0.925. The molecule has 0 spiro atoms. The molecule has 2 aromatic carbocycles. The average Bonchev–Trinajstić information content (AvgIpc) is 3.20. The number of nitrogens with zero attached hydrogens (tertiary/aromatic N) is 1. The topological polar surface area (TPSA) is 52.6 Å². The Bertz CT molecular complexity index is 988. The van der Waals surface area contributed by atoms with Crippen LogP contribution in [-0.2, 0) is 19.3 Å². The Morgan fingerprint density at radius 1 is 0.900 bits per heavy atom. The van der Waals surface area contributed by atoms with E-state index in [4.69, 9.17) is 14.2 Å². The lowest BCUT2D eigenvalue weighted by Crippen LogP contribution is -2.12. The van der Waals surface area contributed by atoms with Crippen molar-refractivity contribution < 1.29 is 27.4 Å². The Balaban J connectivity index is 1.67. The summed E-state index contributed by atoms with van der Waals surface area (Å²) in [7, 11) is 4.67. The molecule has 0 radical (unpaired) electrons. The zero-order valence-corrected chi connectivity index (χ0v) is 17.5. The van der Waals surface area contributed by atoms with E-state index < -0.39 is 11.7 Å². The fraction of sp³-hybridized carbons (Fsp3) is 0.286. The molecule has 0 aliphatic rings. The molecule has 1 N–H and O–H groups in total. The third-order valence-corrected chi connectivity index (χ3v) is 5.44. The lowest BCUT2D eigenvalue weighted by atomic mass is 10.1. The largest absolute Gasteiger partial charge is 0.493 e. The average molecular weight is 438 g/mol. The van der Waals surface area contributed by atoms with E-state index >= 15 is 0 Å². The fourth-order valence-corrected chi connectivity index (χ4v) is 3.85. The Morgan fingerprint density at radius 2 is 1.60 bits per heavy atom. The third-order valence-electron chi connectivity index (χ3n) is 4.41. The number of thiazole rings is 1. The minimum atomic E-state index is -4.32. The van der Waals surface area contributed by atoms with E-state index in [0.29, 0.717) is 30.3 Å². The van der Waals surface area contributed by atoms with Crippen molar-refractivity contribution in [2.45, 2.75) is 19.3 Å².